The molecule has 2 aliphatic carbocycles. The molecule has 2 N–H and O–H groups in total. The molecule has 0 saturated heterocycles. The Hall–Kier alpha value is -1.66. The number of carboxylic acid groups (broad SMARTS) is 1. The van der Waals surface area contributed by atoms with Crippen LogP contribution in [0.25, 0.3) is 10.2 Å². The molecule has 1 amide bonds. The van der Waals surface area contributed by atoms with Crippen LogP contribution in [0.2, 0.25) is 5.02 Å². The highest BCUT2D eigenvalue weighted by Gasteiger charge is 2.54. The zero-order chi connectivity index (χ0) is 16.1. The van der Waals surface area contributed by atoms with Crippen LogP contribution in [-0.2, 0) is 9.59 Å². The molecular weight excluding hydrogens is 336 g/mol. The molecule has 2 fully saturated rings. The molecule has 4 rings (SSSR count). The Morgan fingerprint density at radius 3 is 2.74 bits per heavy atom. The SMILES string of the molecule is O=C(O)C1C2CCC(C2)C1C(=O)Nc1nc2ccc(Cl)cc2s1. The van der Waals surface area contributed by atoms with Crippen LogP contribution in [0.4, 0.5) is 5.13 Å². The standard InChI is InChI=1S/C16H15ClN2O3S/c17-9-3-4-10-11(6-9)23-16(18-10)19-14(20)12-7-1-2-8(5-7)13(12)15(21)22/h3-4,6-8,12-13H,1-2,5H2,(H,21,22)(H,18,19,20). The number of fused-ring (bicyclic) bond motifs is 3. The first kappa shape index (κ1) is 14.9. The lowest BCUT2D eigenvalue weighted by Crippen LogP contribution is -2.37. The number of aromatic nitrogens is 1. The van der Waals surface area contributed by atoms with Gasteiger partial charge < -0.3 is 10.4 Å². The number of hydrogen-bond acceptors (Lipinski definition) is 4. The maximum Gasteiger partial charge on any atom is 0.307 e. The highest BCUT2D eigenvalue weighted by molar-refractivity contribution is 7.22. The third-order valence-electron chi connectivity index (χ3n) is 5.08. The van der Waals surface area contributed by atoms with Gasteiger partial charge in [-0.05, 0) is 49.3 Å². The van der Waals surface area contributed by atoms with Crippen molar-refractivity contribution in [2.75, 3.05) is 5.32 Å². The van der Waals surface area contributed by atoms with Crippen LogP contribution >= 0.6 is 22.9 Å². The van der Waals surface area contributed by atoms with Crippen LogP contribution in [0.1, 0.15) is 19.3 Å². The van der Waals surface area contributed by atoms with Crippen LogP contribution in [0.15, 0.2) is 18.2 Å². The molecule has 0 aliphatic heterocycles. The third-order valence-corrected chi connectivity index (χ3v) is 6.25. The minimum atomic E-state index is -0.853. The van der Waals surface area contributed by atoms with E-state index in [9.17, 15) is 14.7 Å². The molecule has 5 nitrogen and oxygen atoms in total. The first-order chi connectivity index (χ1) is 11.0. The number of anilines is 1. The van der Waals surface area contributed by atoms with Crippen LogP contribution in [0.3, 0.4) is 0 Å². The fourth-order valence-electron chi connectivity index (χ4n) is 4.16. The Balaban J connectivity index is 1.57. The predicted molar refractivity (Wildman–Crippen MR) is 88.7 cm³/mol. The van der Waals surface area contributed by atoms with E-state index in [1.807, 2.05) is 6.07 Å². The molecule has 2 aromatic rings. The number of thiazole rings is 1. The van der Waals surface area contributed by atoms with Crippen molar-refractivity contribution in [3.63, 3.8) is 0 Å². The second kappa shape index (κ2) is 5.46. The molecule has 4 atom stereocenters. The molecule has 0 spiro atoms. The molecule has 0 radical (unpaired) electrons. The van der Waals surface area contributed by atoms with Gasteiger partial charge in [-0.25, -0.2) is 4.98 Å². The van der Waals surface area contributed by atoms with E-state index in [4.69, 9.17) is 11.6 Å². The summed E-state index contributed by atoms with van der Waals surface area (Å²) in [7, 11) is 0. The topological polar surface area (TPSA) is 79.3 Å². The van der Waals surface area contributed by atoms with Crippen molar-refractivity contribution in [1.82, 2.24) is 4.98 Å². The van der Waals surface area contributed by atoms with Gasteiger partial charge in [0.25, 0.3) is 0 Å². The Morgan fingerprint density at radius 2 is 2.00 bits per heavy atom. The van der Waals surface area contributed by atoms with Gasteiger partial charge in [0, 0.05) is 5.02 Å². The van der Waals surface area contributed by atoms with E-state index in [0.29, 0.717) is 10.2 Å². The van der Waals surface area contributed by atoms with Crippen LogP contribution in [0, 0.1) is 23.7 Å². The Labute approximate surface area is 141 Å². The van der Waals surface area contributed by atoms with Crippen molar-refractivity contribution < 1.29 is 14.7 Å². The minimum Gasteiger partial charge on any atom is -0.481 e. The fourth-order valence-corrected chi connectivity index (χ4v) is 5.31. The largest absolute Gasteiger partial charge is 0.481 e. The van der Waals surface area contributed by atoms with Crippen molar-refractivity contribution in [2.24, 2.45) is 23.7 Å². The van der Waals surface area contributed by atoms with Gasteiger partial charge in [0.1, 0.15) is 0 Å². The second-order valence-electron chi connectivity index (χ2n) is 6.34. The second-order valence-corrected chi connectivity index (χ2v) is 7.81. The highest BCUT2D eigenvalue weighted by atomic mass is 35.5. The van der Waals surface area contributed by atoms with Gasteiger partial charge in [0.05, 0.1) is 22.1 Å². The molecule has 1 aromatic heterocycles. The van der Waals surface area contributed by atoms with Gasteiger partial charge in [0.2, 0.25) is 5.91 Å². The number of benzene rings is 1. The maximum absolute atomic E-state index is 12.6. The first-order valence-corrected chi connectivity index (χ1v) is 8.82. The van der Waals surface area contributed by atoms with Gasteiger partial charge >= 0.3 is 5.97 Å². The van der Waals surface area contributed by atoms with E-state index in [1.54, 1.807) is 12.1 Å². The summed E-state index contributed by atoms with van der Waals surface area (Å²) < 4.78 is 0.899. The Kier molecular flexibility index (Phi) is 3.54. The molecule has 1 heterocycles. The van der Waals surface area contributed by atoms with Crippen LogP contribution in [0.5, 0.6) is 0 Å². The summed E-state index contributed by atoms with van der Waals surface area (Å²) in [6, 6.07) is 5.37. The number of halogens is 1. The van der Waals surface area contributed by atoms with E-state index in [2.05, 4.69) is 10.3 Å². The van der Waals surface area contributed by atoms with Gasteiger partial charge in [-0.15, -0.1) is 0 Å². The summed E-state index contributed by atoms with van der Waals surface area (Å²) in [6.45, 7) is 0. The van der Waals surface area contributed by atoms with E-state index >= 15 is 0 Å². The molecule has 2 aliphatic rings. The Morgan fingerprint density at radius 1 is 1.26 bits per heavy atom. The summed E-state index contributed by atoms with van der Waals surface area (Å²) in [6.07, 6.45) is 2.72. The number of amides is 1. The van der Waals surface area contributed by atoms with Gasteiger partial charge in [-0.3, -0.25) is 9.59 Å². The molecule has 4 unspecified atom stereocenters. The van der Waals surface area contributed by atoms with Gasteiger partial charge in [-0.1, -0.05) is 22.9 Å². The summed E-state index contributed by atoms with van der Waals surface area (Å²) >= 11 is 7.31. The summed E-state index contributed by atoms with van der Waals surface area (Å²) in [4.78, 5) is 28.5. The van der Waals surface area contributed by atoms with E-state index in [0.717, 1.165) is 29.5 Å². The number of carboxylic acids is 1. The summed E-state index contributed by atoms with van der Waals surface area (Å²) in [5.41, 5.74) is 0.775. The van der Waals surface area contributed by atoms with Crippen molar-refractivity contribution in [3.05, 3.63) is 23.2 Å². The average molecular weight is 351 g/mol. The van der Waals surface area contributed by atoms with Crippen molar-refractivity contribution in [1.29, 1.82) is 0 Å². The monoisotopic (exact) mass is 350 g/mol. The Bertz CT molecular complexity index is 806. The zero-order valence-electron chi connectivity index (χ0n) is 12.2. The lowest BCUT2D eigenvalue weighted by atomic mass is 9.79. The molecule has 1 aromatic carbocycles. The fraction of sp³-hybridized carbons (Fsp3) is 0.438. The molecule has 120 valence electrons. The van der Waals surface area contributed by atoms with Crippen LogP contribution in [-0.4, -0.2) is 22.0 Å². The number of hydrogen-bond donors (Lipinski definition) is 2. The van der Waals surface area contributed by atoms with Crippen molar-refractivity contribution in [3.8, 4) is 0 Å². The quantitative estimate of drug-likeness (QED) is 0.885. The lowest BCUT2D eigenvalue weighted by Gasteiger charge is -2.26. The minimum absolute atomic E-state index is 0.141. The molecule has 23 heavy (non-hydrogen) atoms. The number of nitrogens with zero attached hydrogens (tertiary/aromatic N) is 1. The zero-order valence-corrected chi connectivity index (χ0v) is 13.7. The summed E-state index contributed by atoms with van der Waals surface area (Å²) in [5.74, 6) is -1.74. The van der Waals surface area contributed by atoms with Gasteiger partial charge in [0.15, 0.2) is 5.13 Å². The highest BCUT2D eigenvalue weighted by Crippen LogP contribution is 2.52. The lowest BCUT2D eigenvalue weighted by molar-refractivity contribution is -0.148. The molecule has 2 saturated carbocycles. The third kappa shape index (κ3) is 2.50. The first-order valence-electron chi connectivity index (χ1n) is 7.62. The van der Waals surface area contributed by atoms with E-state index in [1.165, 1.54) is 11.3 Å². The average Bonchev–Trinajstić information content (AvgIpc) is 3.18. The smallest absolute Gasteiger partial charge is 0.307 e. The number of nitrogens with one attached hydrogen (secondary N) is 1. The number of carbonyl (C=O) groups excluding carboxylic acids is 1. The predicted octanol–water partition coefficient (Wildman–Crippen LogP) is 3.64. The van der Waals surface area contributed by atoms with Crippen molar-refractivity contribution >= 4 is 50.2 Å². The number of aliphatic carboxylic acids is 1. The molecular formula is C16H15ClN2O3S. The molecule has 2 bridgehead atoms. The van der Waals surface area contributed by atoms with Crippen molar-refractivity contribution in [2.45, 2.75) is 19.3 Å². The normalized spacial score (nSPS) is 29.1. The molecule has 7 heteroatoms. The van der Waals surface area contributed by atoms with E-state index < -0.39 is 17.8 Å². The number of carbonyl (C=O) groups is 2. The van der Waals surface area contributed by atoms with E-state index in [-0.39, 0.29) is 17.7 Å². The summed E-state index contributed by atoms with van der Waals surface area (Å²) in [5, 5.41) is 13.4. The van der Waals surface area contributed by atoms with Gasteiger partial charge in [-0.2, -0.15) is 0 Å². The van der Waals surface area contributed by atoms with Crippen LogP contribution < -0.4 is 5.32 Å². The number of rotatable bonds is 3. The maximum atomic E-state index is 12.6.